The van der Waals surface area contributed by atoms with Gasteiger partial charge in [0.05, 0.1) is 17.5 Å². The minimum absolute atomic E-state index is 0.101. The van der Waals surface area contributed by atoms with E-state index in [1.165, 1.54) is 24.3 Å². The van der Waals surface area contributed by atoms with Crippen LogP contribution in [0.3, 0.4) is 0 Å². The zero-order valence-corrected chi connectivity index (χ0v) is 13.4. The molecule has 0 heterocycles. The summed E-state index contributed by atoms with van der Waals surface area (Å²) >= 11 is 10.7. The van der Waals surface area contributed by atoms with Crippen molar-refractivity contribution in [1.29, 1.82) is 0 Å². The van der Waals surface area contributed by atoms with E-state index in [4.69, 9.17) is 23.2 Å². The Morgan fingerprint density at radius 2 is 1.81 bits per heavy atom. The van der Waals surface area contributed by atoms with E-state index < -0.39 is 39.3 Å². The summed E-state index contributed by atoms with van der Waals surface area (Å²) in [6.07, 6.45) is -0.171. The number of hydrogen-bond donors (Lipinski definition) is 3. The second-order valence-electron chi connectivity index (χ2n) is 4.38. The second kappa shape index (κ2) is 7.42. The van der Waals surface area contributed by atoms with Gasteiger partial charge in [-0.1, -0.05) is 35.3 Å². The highest BCUT2D eigenvalue weighted by atomic mass is 35.5. The van der Waals surface area contributed by atoms with E-state index in [1.54, 1.807) is 0 Å². The van der Waals surface area contributed by atoms with Crippen LogP contribution in [0.15, 0.2) is 29.2 Å². The first-order valence-electron chi connectivity index (χ1n) is 5.84. The van der Waals surface area contributed by atoms with Gasteiger partial charge in [-0.2, -0.15) is 0 Å². The Labute approximate surface area is 132 Å². The number of hydrogen-bond acceptors (Lipinski definition) is 5. The third-order valence-electron chi connectivity index (χ3n) is 2.75. The van der Waals surface area contributed by atoms with Gasteiger partial charge in [-0.25, -0.2) is 8.42 Å². The van der Waals surface area contributed by atoms with Crippen molar-refractivity contribution in [2.24, 2.45) is 0 Å². The fourth-order valence-corrected chi connectivity index (χ4v) is 2.37. The summed E-state index contributed by atoms with van der Waals surface area (Å²) in [5.74, 6) is -0.746. The molecule has 0 aromatic heterocycles. The van der Waals surface area contributed by atoms with Crippen molar-refractivity contribution in [3.63, 3.8) is 0 Å². The number of amides is 1. The van der Waals surface area contributed by atoms with E-state index >= 15 is 0 Å². The minimum Gasteiger partial charge on any atom is -0.394 e. The molecule has 3 N–H and O–H groups in total. The van der Waals surface area contributed by atoms with Gasteiger partial charge in [0.1, 0.15) is 6.10 Å². The summed E-state index contributed by atoms with van der Waals surface area (Å²) in [7, 11) is -3.34. The number of aliphatic hydroxyl groups excluding tert-OH is 2. The first-order chi connectivity index (χ1) is 9.66. The molecule has 1 rings (SSSR count). The van der Waals surface area contributed by atoms with Crippen molar-refractivity contribution in [1.82, 2.24) is 5.32 Å². The molecule has 0 aliphatic carbocycles. The van der Waals surface area contributed by atoms with Crippen LogP contribution in [0.2, 0.25) is 0 Å². The maximum atomic E-state index is 11.4. The second-order valence-corrected chi connectivity index (χ2v) is 7.50. The Morgan fingerprint density at radius 3 is 2.19 bits per heavy atom. The highest BCUT2D eigenvalue weighted by Crippen LogP contribution is 2.20. The molecule has 0 bridgehead atoms. The predicted molar refractivity (Wildman–Crippen MR) is 79.0 cm³/mol. The Kier molecular flexibility index (Phi) is 6.42. The van der Waals surface area contributed by atoms with Crippen molar-refractivity contribution >= 4 is 38.9 Å². The Morgan fingerprint density at radius 1 is 1.29 bits per heavy atom. The zero-order chi connectivity index (χ0) is 16.2. The Bertz CT molecular complexity index is 588. The van der Waals surface area contributed by atoms with Crippen LogP contribution in [0.1, 0.15) is 11.7 Å². The topological polar surface area (TPSA) is 104 Å². The summed E-state index contributed by atoms with van der Waals surface area (Å²) in [6.45, 7) is -0.540. The van der Waals surface area contributed by atoms with E-state index in [2.05, 4.69) is 5.32 Å². The number of halogens is 2. The molecule has 1 aromatic rings. The molecule has 118 valence electrons. The molecule has 21 heavy (non-hydrogen) atoms. The molecule has 1 amide bonds. The van der Waals surface area contributed by atoms with Crippen molar-refractivity contribution in [2.75, 3.05) is 12.9 Å². The third-order valence-corrected chi connectivity index (χ3v) is 4.28. The lowest BCUT2D eigenvalue weighted by Gasteiger charge is -2.23. The summed E-state index contributed by atoms with van der Waals surface area (Å²) in [4.78, 5) is 10.1. The molecule has 0 radical (unpaired) electrons. The fourth-order valence-electron chi connectivity index (χ4n) is 1.61. The predicted octanol–water partition coefficient (Wildman–Crippen LogP) is 0.404. The molecule has 0 saturated carbocycles. The van der Waals surface area contributed by atoms with Crippen LogP contribution in [0.4, 0.5) is 0 Å². The maximum Gasteiger partial charge on any atom is 0.253 e. The molecule has 0 aliphatic heterocycles. The van der Waals surface area contributed by atoms with Gasteiger partial charge in [0.2, 0.25) is 0 Å². The van der Waals surface area contributed by atoms with Gasteiger partial charge >= 0.3 is 0 Å². The van der Waals surface area contributed by atoms with E-state index in [9.17, 15) is 23.4 Å². The van der Waals surface area contributed by atoms with Crippen molar-refractivity contribution in [3.8, 4) is 0 Å². The smallest absolute Gasteiger partial charge is 0.253 e. The number of nitrogens with one attached hydrogen (secondary N) is 1. The lowest BCUT2D eigenvalue weighted by atomic mass is 10.0. The molecular weight excluding hydrogens is 341 g/mol. The number of rotatable bonds is 6. The van der Waals surface area contributed by atoms with Crippen LogP contribution >= 0.6 is 23.2 Å². The van der Waals surface area contributed by atoms with Crippen LogP contribution in [0, 0.1) is 0 Å². The highest BCUT2D eigenvalue weighted by Gasteiger charge is 2.24. The van der Waals surface area contributed by atoms with Crippen LogP contribution in [0.25, 0.3) is 0 Å². The number of carbonyl (C=O) groups is 1. The van der Waals surface area contributed by atoms with Gasteiger partial charge in [-0.3, -0.25) is 4.79 Å². The Hall–Kier alpha value is -0.860. The quantitative estimate of drug-likeness (QED) is 0.641. The molecule has 0 unspecified atom stereocenters. The monoisotopic (exact) mass is 355 g/mol. The van der Waals surface area contributed by atoms with E-state index in [0.717, 1.165) is 6.26 Å². The molecule has 1 aromatic carbocycles. The van der Waals surface area contributed by atoms with Crippen LogP contribution in [-0.2, 0) is 14.6 Å². The molecule has 0 fully saturated rings. The van der Waals surface area contributed by atoms with E-state index in [-0.39, 0.29) is 4.90 Å². The number of sulfone groups is 1. The van der Waals surface area contributed by atoms with Crippen molar-refractivity contribution in [2.45, 2.75) is 21.9 Å². The number of aliphatic hydroxyl groups is 2. The first-order valence-corrected chi connectivity index (χ1v) is 8.60. The van der Waals surface area contributed by atoms with E-state index in [1.807, 2.05) is 0 Å². The minimum atomic E-state index is -3.34. The average Bonchev–Trinajstić information content (AvgIpc) is 2.42. The SMILES string of the molecule is CS(=O)(=O)c1ccc([C@H](O)[C@@H](CO)NC(=O)C(Cl)Cl)cc1. The van der Waals surface area contributed by atoms with Gasteiger partial charge < -0.3 is 15.5 Å². The maximum absolute atomic E-state index is 11.4. The molecule has 0 aliphatic rings. The van der Waals surface area contributed by atoms with Crippen molar-refractivity contribution in [3.05, 3.63) is 29.8 Å². The number of benzene rings is 1. The summed E-state index contributed by atoms with van der Waals surface area (Å²) in [5, 5.41) is 21.6. The molecule has 2 atom stereocenters. The lowest BCUT2D eigenvalue weighted by Crippen LogP contribution is -2.44. The first kappa shape index (κ1) is 18.2. The van der Waals surface area contributed by atoms with Gasteiger partial charge in [-0.05, 0) is 17.7 Å². The largest absolute Gasteiger partial charge is 0.394 e. The summed E-state index contributed by atoms with van der Waals surface area (Å²) in [6, 6.07) is 4.44. The highest BCUT2D eigenvalue weighted by molar-refractivity contribution is 7.90. The van der Waals surface area contributed by atoms with Crippen molar-refractivity contribution < 1.29 is 23.4 Å². The van der Waals surface area contributed by atoms with Gasteiger partial charge in [0.25, 0.3) is 5.91 Å². The lowest BCUT2D eigenvalue weighted by molar-refractivity contribution is -0.121. The zero-order valence-electron chi connectivity index (χ0n) is 11.0. The summed E-state index contributed by atoms with van der Waals surface area (Å²) < 4.78 is 22.7. The van der Waals surface area contributed by atoms with E-state index in [0.29, 0.717) is 5.56 Å². The van der Waals surface area contributed by atoms with Gasteiger partial charge in [0.15, 0.2) is 14.7 Å². The standard InChI is InChI=1S/C12H15Cl2NO5S/c1-21(19,20)8-4-2-7(3-5-8)10(17)9(6-16)15-12(18)11(13)14/h2-5,9-11,16-17H,6H2,1H3,(H,15,18)/t9-,10+/m1/s1. The van der Waals surface area contributed by atoms with Gasteiger partial charge in [-0.15, -0.1) is 0 Å². The molecule has 6 nitrogen and oxygen atoms in total. The van der Waals surface area contributed by atoms with Crippen LogP contribution in [0.5, 0.6) is 0 Å². The average molecular weight is 356 g/mol. The molecule has 0 saturated heterocycles. The third kappa shape index (κ3) is 5.12. The van der Waals surface area contributed by atoms with Crippen LogP contribution < -0.4 is 5.32 Å². The molecule has 9 heteroatoms. The normalized spacial score (nSPS) is 14.8. The molecule has 0 spiro atoms. The Balaban J connectivity index is 2.90. The molecular formula is C12H15Cl2NO5S. The van der Waals surface area contributed by atoms with Gasteiger partial charge in [0, 0.05) is 6.26 Å². The van der Waals surface area contributed by atoms with Crippen LogP contribution in [-0.4, -0.2) is 48.3 Å². The number of carbonyl (C=O) groups excluding carboxylic acids is 1. The number of alkyl halides is 2. The summed E-state index contributed by atoms with van der Waals surface area (Å²) in [5.41, 5.74) is 0.336. The fraction of sp³-hybridized carbons (Fsp3) is 0.417.